The number of aryl methyl sites for hydroxylation is 1. The van der Waals surface area contributed by atoms with Crippen LogP contribution in [0.1, 0.15) is 10.5 Å². The zero-order chi connectivity index (χ0) is 8.43. The Bertz CT molecular complexity index is 279. The summed E-state index contributed by atoms with van der Waals surface area (Å²) in [5.74, 6) is -0.589. The van der Waals surface area contributed by atoms with Crippen LogP contribution in [-0.2, 0) is 7.05 Å². The number of anilines is 1. The highest BCUT2D eigenvalue weighted by Gasteiger charge is 2.13. The fraction of sp³-hybridized carbons (Fsp3) is 0.333. The highest BCUT2D eigenvalue weighted by Crippen LogP contribution is 2.10. The summed E-state index contributed by atoms with van der Waals surface area (Å²) in [4.78, 5) is 14.4. The number of imidazole rings is 1. The van der Waals surface area contributed by atoms with Crippen molar-refractivity contribution in [2.75, 3.05) is 12.4 Å². The molecule has 1 aromatic heterocycles. The lowest BCUT2D eigenvalue weighted by Gasteiger charge is -1.97. The standard InChI is InChI=1S/C6H9N3O2/c1-7-5-4(6(10)11)9(2)3-8-5/h3,7H,1-2H3,(H,10,11). The number of carbonyl (C=O) groups is 1. The lowest BCUT2D eigenvalue weighted by atomic mass is 10.4. The van der Waals surface area contributed by atoms with Gasteiger partial charge in [-0.3, -0.25) is 0 Å². The van der Waals surface area contributed by atoms with E-state index in [1.807, 2.05) is 0 Å². The lowest BCUT2D eigenvalue weighted by Crippen LogP contribution is -2.06. The van der Waals surface area contributed by atoms with E-state index in [-0.39, 0.29) is 5.69 Å². The van der Waals surface area contributed by atoms with Gasteiger partial charge in [0.25, 0.3) is 0 Å². The van der Waals surface area contributed by atoms with Gasteiger partial charge in [0.2, 0.25) is 0 Å². The van der Waals surface area contributed by atoms with Gasteiger partial charge in [-0.1, -0.05) is 0 Å². The molecule has 0 aromatic carbocycles. The molecule has 0 spiro atoms. The fourth-order valence-corrected chi connectivity index (χ4v) is 0.865. The minimum atomic E-state index is -0.977. The first-order chi connectivity index (χ1) is 5.16. The second-order valence-corrected chi connectivity index (χ2v) is 2.11. The Balaban J connectivity index is 3.17. The first-order valence-corrected chi connectivity index (χ1v) is 3.09. The molecule has 5 nitrogen and oxygen atoms in total. The molecule has 0 aliphatic rings. The Morgan fingerprint density at radius 3 is 2.82 bits per heavy atom. The van der Waals surface area contributed by atoms with E-state index in [1.165, 1.54) is 10.9 Å². The zero-order valence-corrected chi connectivity index (χ0v) is 6.33. The summed E-state index contributed by atoms with van der Waals surface area (Å²) in [5, 5.41) is 11.4. The number of carboxylic acid groups (broad SMARTS) is 1. The van der Waals surface area contributed by atoms with Crippen LogP contribution in [0.3, 0.4) is 0 Å². The number of rotatable bonds is 2. The van der Waals surface area contributed by atoms with Crippen LogP contribution in [0.2, 0.25) is 0 Å². The first kappa shape index (κ1) is 7.59. The van der Waals surface area contributed by atoms with Crippen LogP contribution in [0, 0.1) is 0 Å². The minimum absolute atomic E-state index is 0.174. The second kappa shape index (κ2) is 2.61. The summed E-state index contributed by atoms with van der Waals surface area (Å²) in [6, 6.07) is 0. The van der Waals surface area contributed by atoms with E-state index in [9.17, 15) is 4.79 Å². The molecule has 1 rings (SSSR count). The van der Waals surface area contributed by atoms with Crippen LogP contribution in [0.4, 0.5) is 5.82 Å². The largest absolute Gasteiger partial charge is 0.476 e. The number of aromatic nitrogens is 2. The van der Waals surface area contributed by atoms with Crippen LogP contribution in [0.25, 0.3) is 0 Å². The number of aromatic carboxylic acids is 1. The van der Waals surface area contributed by atoms with Gasteiger partial charge >= 0.3 is 5.97 Å². The summed E-state index contributed by atoms with van der Waals surface area (Å²) in [6.07, 6.45) is 1.45. The summed E-state index contributed by atoms with van der Waals surface area (Å²) in [6.45, 7) is 0. The van der Waals surface area contributed by atoms with E-state index < -0.39 is 5.97 Å². The van der Waals surface area contributed by atoms with Crippen LogP contribution in [0.5, 0.6) is 0 Å². The Morgan fingerprint density at radius 1 is 1.82 bits per heavy atom. The lowest BCUT2D eigenvalue weighted by molar-refractivity contribution is 0.0687. The van der Waals surface area contributed by atoms with Gasteiger partial charge in [-0.05, 0) is 0 Å². The van der Waals surface area contributed by atoms with Gasteiger partial charge in [0, 0.05) is 14.1 Å². The molecular weight excluding hydrogens is 146 g/mol. The average molecular weight is 155 g/mol. The van der Waals surface area contributed by atoms with Crippen molar-refractivity contribution in [1.29, 1.82) is 0 Å². The van der Waals surface area contributed by atoms with E-state index in [2.05, 4.69) is 10.3 Å². The maximum Gasteiger partial charge on any atom is 0.356 e. The highest BCUT2D eigenvalue weighted by atomic mass is 16.4. The van der Waals surface area contributed by atoms with Crippen LogP contribution >= 0.6 is 0 Å². The SMILES string of the molecule is CNc1ncn(C)c1C(=O)O. The first-order valence-electron chi connectivity index (χ1n) is 3.09. The topological polar surface area (TPSA) is 67.2 Å². The molecule has 0 fully saturated rings. The van der Waals surface area contributed by atoms with Crippen molar-refractivity contribution in [2.45, 2.75) is 0 Å². The monoisotopic (exact) mass is 155 g/mol. The van der Waals surface area contributed by atoms with Crippen molar-refractivity contribution in [3.63, 3.8) is 0 Å². The molecule has 1 heterocycles. The van der Waals surface area contributed by atoms with Crippen LogP contribution < -0.4 is 5.32 Å². The van der Waals surface area contributed by atoms with E-state index in [0.29, 0.717) is 5.82 Å². The third-order valence-electron chi connectivity index (χ3n) is 1.38. The fourth-order valence-electron chi connectivity index (χ4n) is 0.865. The number of nitrogens with zero attached hydrogens (tertiary/aromatic N) is 2. The second-order valence-electron chi connectivity index (χ2n) is 2.11. The quantitative estimate of drug-likeness (QED) is 0.638. The van der Waals surface area contributed by atoms with Gasteiger partial charge in [0.15, 0.2) is 11.5 Å². The Kier molecular flexibility index (Phi) is 1.80. The summed E-state index contributed by atoms with van der Waals surface area (Å²) in [7, 11) is 3.27. The Labute approximate surface area is 63.7 Å². The molecule has 0 aliphatic carbocycles. The van der Waals surface area contributed by atoms with Crippen LogP contribution in [0.15, 0.2) is 6.33 Å². The number of hydrogen-bond donors (Lipinski definition) is 2. The molecule has 0 atom stereocenters. The third-order valence-corrected chi connectivity index (χ3v) is 1.38. The zero-order valence-electron chi connectivity index (χ0n) is 6.33. The van der Waals surface area contributed by atoms with Crippen molar-refractivity contribution in [1.82, 2.24) is 9.55 Å². The molecule has 0 saturated heterocycles. The van der Waals surface area contributed by atoms with E-state index in [4.69, 9.17) is 5.11 Å². The van der Waals surface area contributed by atoms with Gasteiger partial charge in [-0.25, -0.2) is 9.78 Å². The molecule has 0 bridgehead atoms. The predicted octanol–water partition coefficient (Wildman–Crippen LogP) is 0.160. The van der Waals surface area contributed by atoms with Crippen molar-refractivity contribution >= 4 is 11.8 Å². The van der Waals surface area contributed by atoms with Crippen LogP contribution in [-0.4, -0.2) is 27.7 Å². The molecule has 11 heavy (non-hydrogen) atoms. The molecule has 2 N–H and O–H groups in total. The number of nitrogens with one attached hydrogen (secondary N) is 1. The third kappa shape index (κ3) is 1.17. The molecule has 0 radical (unpaired) electrons. The van der Waals surface area contributed by atoms with E-state index in [0.717, 1.165) is 0 Å². The van der Waals surface area contributed by atoms with Crippen molar-refractivity contribution in [2.24, 2.45) is 7.05 Å². The molecule has 0 aliphatic heterocycles. The normalized spacial score (nSPS) is 9.64. The molecule has 60 valence electrons. The summed E-state index contributed by atoms with van der Waals surface area (Å²) < 4.78 is 1.45. The predicted molar refractivity (Wildman–Crippen MR) is 39.7 cm³/mol. The molecule has 1 aromatic rings. The van der Waals surface area contributed by atoms with Gasteiger partial charge in [0.1, 0.15) is 0 Å². The summed E-state index contributed by atoms with van der Waals surface area (Å²) in [5.41, 5.74) is 0.174. The Hall–Kier alpha value is -1.52. The molecule has 5 heteroatoms. The van der Waals surface area contributed by atoms with Crippen molar-refractivity contribution in [3.05, 3.63) is 12.0 Å². The van der Waals surface area contributed by atoms with Gasteiger partial charge < -0.3 is 15.0 Å². The molecule has 0 saturated carbocycles. The molecule has 0 amide bonds. The Morgan fingerprint density at radius 2 is 2.45 bits per heavy atom. The molecule has 0 unspecified atom stereocenters. The van der Waals surface area contributed by atoms with Gasteiger partial charge in [-0.15, -0.1) is 0 Å². The smallest absolute Gasteiger partial charge is 0.356 e. The van der Waals surface area contributed by atoms with Crippen molar-refractivity contribution < 1.29 is 9.90 Å². The highest BCUT2D eigenvalue weighted by molar-refractivity contribution is 5.91. The summed E-state index contributed by atoms with van der Waals surface area (Å²) >= 11 is 0. The maximum atomic E-state index is 10.6. The average Bonchev–Trinajstić information content (AvgIpc) is 2.30. The van der Waals surface area contributed by atoms with Gasteiger partial charge in [-0.2, -0.15) is 0 Å². The number of hydrogen-bond acceptors (Lipinski definition) is 3. The van der Waals surface area contributed by atoms with Gasteiger partial charge in [0.05, 0.1) is 6.33 Å². The van der Waals surface area contributed by atoms with E-state index >= 15 is 0 Å². The minimum Gasteiger partial charge on any atom is -0.476 e. The van der Waals surface area contributed by atoms with Crippen molar-refractivity contribution in [3.8, 4) is 0 Å². The number of carboxylic acids is 1. The van der Waals surface area contributed by atoms with E-state index in [1.54, 1.807) is 14.1 Å². The maximum absolute atomic E-state index is 10.6. The molecular formula is C6H9N3O2.